The minimum Gasteiger partial charge on any atom is -0.447 e. The van der Waals surface area contributed by atoms with Gasteiger partial charge in [-0.25, -0.2) is 9.97 Å². The number of furan rings is 1. The molecular weight excluding hydrogens is 286 g/mol. The molecule has 1 aliphatic carbocycles. The standard InChI is InChI=1S/C15H17N3O2S/c1-21-14-16-7-9-11(18-14)10-12(20-9)13(19)17-8-15(10)5-3-2-4-6-15/h7H,2-6,8H2,1H3,(H,17,19). The number of fused-ring (bicyclic) bond motifs is 4. The van der Waals surface area contributed by atoms with E-state index < -0.39 is 0 Å². The van der Waals surface area contributed by atoms with Crippen LogP contribution in [-0.2, 0) is 5.41 Å². The zero-order valence-electron chi connectivity index (χ0n) is 11.9. The van der Waals surface area contributed by atoms with Crippen molar-refractivity contribution in [1.29, 1.82) is 0 Å². The summed E-state index contributed by atoms with van der Waals surface area (Å²) in [5.41, 5.74) is 2.48. The predicted octanol–water partition coefficient (Wildman–Crippen LogP) is 2.89. The van der Waals surface area contributed by atoms with Gasteiger partial charge >= 0.3 is 0 Å². The molecule has 0 aromatic carbocycles. The van der Waals surface area contributed by atoms with Crippen LogP contribution in [0.1, 0.15) is 48.2 Å². The lowest BCUT2D eigenvalue weighted by Crippen LogP contribution is -2.47. The van der Waals surface area contributed by atoms with Gasteiger partial charge in [-0.2, -0.15) is 0 Å². The monoisotopic (exact) mass is 303 g/mol. The summed E-state index contributed by atoms with van der Waals surface area (Å²) in [6.45, 7) is 0.700. The number of carbonyl (C=O) groups excluding carboxylic acids is 1. The minimum atomic E-state index is -0.120. The van der Waals surface area contributed by atoms with Crippen LogP contribution in [0.3, 0.4) is 0 Å². The van der Waals surface area contributed by atoms with E-state index in [1.807, 2.05) is 6.26 Å². The van der Waals surface area contributed by atoms with E-state index in [1.54, 1.807) is 6.20 Å². The lowest BCUT2D eigenvalue weighted by atomic mass is 9.67. The predicted molar refractivity (Wildman–Crippen MR) is 80.7 cm³/mol. The molecule has 1 aliphatic heterocycles. The topological polar surface area (TPSA) is 68.0 Å². The Bertz CT molecular complexity index is 719. The van der Waals surface area contributed by atoms with E-state index >= 15 is 0 Å². The van der Waals surface area contributed by atoms with Gasteiger partial charge in [-0.05, 0) is 19.1 Å². The highest BCUT2D eigenvalue weighted by Gasteiger charge is 2.44. The summed E-state index contributed by atoms with van der Waals surface area (Å²) in [5, 5.41) is 3.73. The second-order valence-corrected chi connectivity index (χ2v) is 6.67. The van der Waals surface area contributed by atoms with Gasteiger partial charge in [0.1, 0.15) is 5.52 Å². The van der Waals surface area contributed by atoms with E-state index in [-0.39, 0.29) is 11.3 Å². The Hall–Kier alpha value is -1.56. The van der Waals surface area contributed by atoms with Crippen molar-refractivity contribution >= 4 is 28.8 Å². The van der Waals surface area contributed by atoms with Crippen LogP contribution in [0.5, 0.6) is 0 Å². The van der Waals surface area contributed by atoms with Crippen molar-refractivity contribution < 1.29 is 9.21 Å². The molecule has 110 valence electrons. The number of hydrogen-bond acceptors (Lipinski definition) is 5. The van der Waals surface area contributed by atoms with Crippen molar-refractivity contribution in [1.82, 2.24) is 15.3 Å². The van der Waals surface area contributed by atoms with Crippen molar-refractivity contribution in [3.05, 3.63) is 17.5 Å². The van der Waals surface area contributed by atoms with E-state index in [0.717, 1.165) is 29.1 Å². The number of nitrogens with zero attached hydrogens (tertiary/aromatic N) is 2. The van der Waals surface area contributed by atoms with E-state index in [1.165, 1.54) is 31.0 Å². The molecule has 5 nitrogen and oxygen atoms in total. The maximum absolute atomic E-state index is 12.2. The maximum atomic E-state index is 12.2. The van der Waals surface area contributed by atoms with Crippen LogP contribution in [0, 0.1) is 0 Å². The highest BCUT2D eigenvalue weighted by Crippen LogP contribution is 2.46. The zero-order valence-corrected chi connectivity index (χ0v) is 12.8. The number of rotatable bonds is 1. The number of hydrogen-bond donors (Lipinski definition) is 1. The van der Waals surface area contributed by atoms with Gasteiger partial charge in [0.15, 0.2) is 16.5 Å². The molecule has 2 aliphatic rings. The SMILES string of the molecule is CSc1ncc2oc3c(c2n1)C1(CCCCC1)CNC3=O. The highest BCUT2D eigenvalue weighted by atomic mass is 32.2. The van der Waals surface area contributed by atoms with Gasteiger partial charge in [0, 0.05) is 17.5 Å². The normalized spacial score (nSPS) is 20.5. The molecule has 4 rings (SSSR count). The second-order valence-electron chi connectivity index (χ2n) is 5.90. The minimum absolute atomic E-state index is 0.00320. The number of carbonyl (C=O) groups is 1. The summed E-state index contributed by atoms with van der Waals surface area (Å²) in [5.74, 6) is 0.329. The van der Waals surface area contributed by atoms with Crippen LogP contribution in [0.25, 0.3) is 11.1 Å². The molecule has 1 amide bonds. The van der Waals surface area contributed by atoms with E-state index in [9.17, 15) is 4.79 Å². The third kappa shape index (κ3) is 1.88. The summed E-state index contributed by atoms with van der Waals surface area (Å²) >= 11 is 1.51. The Kier molecular flexibility index (Phi) is 2.96. The Balaban J connectivity index is 1.99. The van der Waals surface area contributed by atoms with Gasteiger partial charge in [0.25, 0.3) is 5.91 Å². The molecule has 3 heterocycles. The van der Waals surface area contributed by atoms with E-state index in [0.29, 0.717) is 17.9 Å². The Morgan fingerprint density at radius 3 is 2.90 bits per heavy atom. The van der Waals surface area contributed by atoms with Crippen molar-refractivity contribution in [3.63, 3.8) is 0 Å². The fourth-order valence-corrected chi connectivity index (χ4v) is 4.04. The molecule has 1 fully saturated rings. The molecule has 2 aromatic rings. The number of aromatic nitrogens is 2. The van der Waals surface area contributed by atoms with Crippen LogP contribution in [0.15, 0.2) is 15.8 Å². The quantitative estimate of drug-likeness (QED) is 0.648. The third-order valence-corrected chi connectivity index (χ3v) is 5.29. The maximum Gasteiger partial charge on any atom is 0.287 e. The Morgan fingerprint density at radius 2 is 2.14 bits per heavy atom. The molecule has 6 heteroatoms. The first-order valence-corrected chi connectivity index (χ1v) is 8.58. The van der Waals surface area contributed by atoms with Gasteiger partial charge in [0.05, 0.1) is 6.20 Å². The number of nitrogens with one attached hydrogen (secondary N) is 1. The lowest BCUT2D eigenvalue weighted by molar-refractivity contribution is 0.0882. The molecule has 1 N–H and O–H groups in total. The summed E-state index contributed by atoms with van der Waals surface area (Å²) in [6, 6.07) is 0. The average Bonchev–Trinajstić information content (AvgIpc) is 2.92. The van der Waals surface area contributed by atoms with Gasteiger partial charge in [-0.3, -0.25) is 4.79 Å². The molecule has 2 aromatic heterocycles. The Labute approximate surface area is 126 Å². The van der Waals surface area contributed by atoms with Crippen molar-refractivity contribution in [3.8, 4) is 0 Å². The summed E-state index contributed by atoms with van der Waals surface area (Å²) < 4.78 is 5.78. The molecule has 1 saturated carbocycles. The molecule has 0 saturated heterocycles. The lowest BCUT2D eigenvalue weighted by Gasteiger charge is -2.39. The van der Waals surface area contributed by atoms with Crippen molar-refractivity contribution in [2.24, 2.45) is 0 Å². The first-order chi connectivity index (χ1) is 10.2. The summed E-state index contributed by atoms with van der Waals surface area (Å²) in [4.78, 5) is 21.1. The molecule has 0 atom stereocenters. The molecular formula is C15H17N3O2S. The molecule has 21 heavy (non-hydrogen) atoms. The fourth-order valence-electron chi connectivity index (χ4n) is 3.70. The smallest absolute Gasteiger partial charge is 0.287 e. The van der Waals surface area contributed by atoms with Crippen LogP contribution < -0.4 is 5.32 Å². The number of amides is 1. The molecule has 0 unspecified atom stereocenters. The van der Waals surface area contributed by atoms with Gasteiger partial charge in [0.2, 0.25) is 0 Å². The van der Waals surface area contributed by atoms with E-state index in [4.69, 9.17) is 4.42 Å². The third-order valence-electron chi connectivity index (χ3n) is 4.73. The van der Waals surface area contributed by atoms with E-state index in [2.05, 4.69) is 15.3 Å². The van der Waals surface area contributed by atoms with Gasteiger partial charge < -0.3 is 9.73 Å². The second kappa shape index (κ2) is 4.73. The first kappa shape index (κ1) is 13.1. The van der Waals surface area contributed by atoms with Gasteiger partial charge in [-0.15, -0.1) is 0 Å². The largest absolute Gasteiger partial charge is 0.447 e. The molecule has 0 bridgehead atoms. The summed E-state index contributed by atoms with van der Waals surface area (Å²) in [6.07, 6.45) is 9.49. The average molecular weight is 303 g/mol. The van der Waals surface area contributed by atoms with Crippen molar-refractivity contribution in [2.45, 2.75) is 42.7 Å². The molecule has 0 radical (unpaired) electrons. The fraction of sp³-hybridized carbons (Fsp3) is 0.533. The van der Waals surface area contributed by atoms with Crippen LogP contribution >= 0.6 is 11.8 Å². The Morgan fingerprint density at radius 1 is 1.33 bits per heavy atom. The first-order valence-electron chi connectivity index (χ1n) is 7.36. The summed E-state index contributed by atoms with van der Waals surface area (Å²) in [7, 11) is 0. The molecule has 1 spiro atoms. The van der Waals surface area contributed by atoms with Crippen LogP contribution in [0.4, 0.5) is 0 Å². The van der Waals surface area contributed by atoms with Crippen molar-refractivity contribution in [2.75, 3.05) is 12.8 Å². The zero-order chi connectivity index (χ0) is 14.4. The van der Waals surface area contributed by atoms with Crippen LogP contribution in [0.2, 0.25) is 0 Å². The van der Waals surface area contributed by atoms with Gasteiger partial charge in [-0.1, -0.05) is 31.0 Å². The highest BCUT2D eigenvalue weighted by molar-refractivity contribution is 7.98. The number of thioether (sulfide) groups is 1. The van der Waals surface area contributed by atoms with Crippen LogP contribution in [-0.4, -0.2) is 28.7 Å².